The molecule has 0 aromatic heterocycles. The van der Waals surface area contributed by atoms with Gasteiger partial charge in [-0.25, -0.2) is 4.79 Å². The number of hydrogen-bond acceptors (Lipinski definition) is 5. The van der Waals surface area contributed by atoms with Crippen LogP contribution in [0.25, 0.3) is 0 Å². The van der Waals surface area contributed by atoms with Crippen molar-refractivity contribution in [1.29, 1.82) is 0 Å². The molecule has 1 aliphatic heterocycles. The Labute approximate surface area is 107 Å². The fraction of sp³-hybridized carbons (Fsp3) is 0.818. The second-order valence-electron chi connectivity index (χ2n) is 4.72. The molecule has 1 rings (SSSR count). The third-order valence-corrected chi connectivity index (χ3v) is 3.33. The molecule has 1 saturated heterocycles. The van der Waals surface area contributed by atoms with Gasteiger partial charge in [0.1, 0.15) is 0 Å². The number of nitrogens with two attached hydrogens (primary N) is 1. The van der Waals surface area contributed by atoms with Crippen molar-refractivity contribution in [3.63, 3.8) is 0 Å². The van der Waals surface area contributed by atoms with Crippen molar-refractivity contribution in [3.8, 4) is 0 Å². The molecule has 7 heteroatoms. The first kappa shape index (κ1) is 14.6. The molecule has 1 amide bonds. The van der Waals surface area contributed by atoms with E-state index in [1.165, 1.54) is 0 Å². The number of amidine groups is 1. The van der Waals surface area contributed by atoms with E-state index in [4.69, 9.17) is 15.7 Å². The topological polar surface area (TPSA) is 91.4 Å². The Kier molecular flexibility index (Phi) is 4.77. The molecule has 0 unspecified atom stereocenters. The minimum atomic E-state index is -0.518. The van der Waals surface area contributed by atoms with E-state index < -0.39 is 5.54 Å². The Morgan fingerprint density at radius 3 is 2.39 bits per heavy atom. The molecular formula is C11H22N4O3. The monoisotopic (exact) mass is 258 g/mol. The molecule has 0 radical (unpaired) electrons. The van der Waals surface area contributed by atoms with Crippen molar-refractivity contribution in [2.45, 2.75) is 26.3 Å². The first-order valence-corrected chi connectivity index (χ1v) is 6.08. The van der Waals surface area contributed by atoms with Crippen LogP contribution in [-0.2, 0) is 4.74 Å². The van der Waals surface area contributed by atoms with Crippen LogP contribution in [0.5, 0.6) is 0 Å². The first-order valence-electron chi connectivity index (χ1n) is 6.08. The highest BCUT2D eigenvalue weighted by molar-refractivity contribution is 5.88. The van der Waals surface area contributed by atoms with Crippen LogP contribution in [-0.4, -0.2) is 65.3 Å². The molecule has 0 spiro atoms. The molecule has 104 valence electrons. The molecule has 0 aromatic rings. The van der Waals surface area contributed by atoms with Gasteiger partial charge in [-0.3, -0.25) is 4.90 Å². The zero-order valence-corrected chi connectivity index (χ0v) is 11.2. The third-order valence-electron chi connectivity index (χ3n) is 3.33. The molecule has 1 aliphatic rings. The summed E-state index contributed by atoms with van der Waals surface area (Å²) in [6.07, 6.45) is -0.279. The zero-order valence-electron chi connectivity index (χ0n) is 11.2. The van der Waals surface area contributed by atoms with Gasteiger partial charge in [-0.05, 0) is 20.8 Å². The lowest BCUT2D eigenvalue weighted by Crippen LogP contribution is -2.60. The predicted octanol–water partition coefficient (Wildman–Crippen LogP) is 0.286. The normalized spacial score (nSPS) is 18.8. The number of hydrogen-bond donors (Lipinski definition) is 2. The van der Waals surface area contributed by atoms with Crippen LogP contribution in [0.15, 0.2) is 5.16 Å². The van der Waals surface area contributed by atoms with Crippen molar-refractivity contribution in [3.05, 3.63) is 0 Å². The highest BCUT2D eigenvalue weighted by atomic mass is 16.6. The number of nitrogens with zero attached hydrogens (tertiary/aromatic N) is 3. The van der Waals surface area contributed by atoms with Gasteiger partial charge in [0, 0.05) is 26.2 Å². The Balaban J connectivity index is 2.56. The summed E-state index contributed by atoms with van der Waals surface area (Å²) < 4.78 is 4.95. The van der Waals surface area contributed by atoms with Crippen LogP contribution >= 0.6 is 0 Å². The highest BCUT2D eigenvalue weighted by Crippen LogP contribution is 2.17. The van der Waals surface area contributed by atoms with Crippen molar-refractivity contribution in [2.24, 2.45) is 10.9 Å². The number of rotatable bonds is 3. The fourth-order valence-electron chi connectivity index (χ4n) is 1.95. The molecule has 3 N–H and O–H groups in total. The smallest absolute Gasteiger partial charge is 0.409 e. The van der Waals surface area contributed by atoms with Crippen LogP contribution in [0.3, 0.4) is 0 Å². The number of ether oxygens (including phenoxy) is 1. The maximum absolute atomic E-state index is 11.5. The number of oxime groups is 1. The van der Waals surface area contributed by atoms with E-state index in [9.17, 15) is 4.79 Å². The fourth-order valence-corrected chi connectivity index (χ4v) is 1.95. The van der Waals surface area contributed by atoms with Crippen molar-refractivity contribution in [1.82, 2.24) is 9.80 Å². The van der Waals surface area contributed by atoms with Gasteiger partial charge >= 0.3 is 6.09 Å². The van der Waals surface area contributed by atoms with Crippen LogP contribution in [0.2, 0.25) is 0 Å². The summed E-state index contributed by atoms with van der Waals surface area (Å²) in [4.78, 5) is 15.3. The van der Waals surface area contributed by atoms with E-state index in [1.807, 2.05) is 13.8 Å². The van der Waals surface area contributed by atoms with E-state index in [2.05, 4.69) is 10.1 Å². The molecular weight excluding hydrogens is 236 g/mol. The Morgan fingerprint density at radius 1 is 1.39 bits per heavy atom. The Morgan fingerprint density at radius 2 is 1.94 bits per heavy atom. The number of amides is 1. The van der Waals surface area contributed by atoms with Gasteiger partial charge in [0.15, 0.2) is 5.84 Å². The predicted molar refractivity (Wildman–Crippen MR) is 67.7 cm³/mol. The van der Waals surface area contributed by atoms with Crippen LogP contribution in [0, 0.1) is 0 Å². The van der Waals surface area contributed by atoms with E-state index in [-0.39, 0.29) is 11.9 Å². The molecule has 1 fully saturated rings. The second kappa shape index (κ2) is 5.90. The summed E-state index contributed by atoms with van der Waals surface area (Å²) in [5.41, 5.74) is 5.16. The van der Waals surface area contributed by atoms with E-state index >= 15 is 0 Å². The lowest BCUT2D eigenvalue weighted by Gasteiger charge is -2.42. The summed E-state index contributed by atoms with van der Waals surface area (Å²) >= 11 is 0. The molecule has 0 atom stereocenters. The maximum atomic E-state index is 11.5. The van der Waals surface area contributed by atoms with E-state index in [0.717, 1.165) is 0 Å². The average molecular weight is 258 g/mol. The lowest BCUT2D eigenvalue weighted by atomic mass is 10.0. The Bertz CT molecular complexity index is 322. The molecule has 1 heterocycles. The van der Waals surface area contributed by atoms with E-state index in [1.54, 1.807) is 11.8 Å². The number of carbonyl (C=O) groups excluding carboxylic acids is 1. The molecule has 0 bridgehead atoms. The van der Waals surface area contributed by atoms with Crippen molar-refractivity contribution < 1.29 is 14.7 Å². The molecule has 18 heavy (non-hydrogen) atoms. The highest BCUT2D eigenvalue weighted by Gasteiger charge is 2.34. The first-order chi connectivity index (χ1) is 8.43. The lowest BCUT2D eigenvalue weighted by molar-refractivity contribution is 0.0597. The SMILES string of the molecule is CCOC(=O)N1CCN(C(C)(C)C(N)=NO)CC1. The van der Waals surface area contributed by atoms with Crippen molar-refractivity contribution >= 4 is 11.9 Å². The quantitative estimate of drug-likeness (QED) is 0.328. The standard InChI is InChI=1S/C11H22N4O3/c1-4-18-10(16)14-5-7-15(8-6-14)11(2,3)9(12)13-17/h17H,4-8H2,1-3H3,(H2,12,13). The van der Waals surface area contributed by atoms with Gasteiger partial charge < -0.3 is 20.6 Å². The number of carbonyl (C=O) groups is 1. The van der Waals surface area contributed by atoms with Crippen LogP contribution in [0.1, 0.15) is 20.8 Å². The van der Waals surface area contributed by atoms with Crippen molar-refractivity contribution in [2.75, 3.05) is 32.8 Å². The summed E-state index contributed by atoms with van der Waals surface area (Å²) in [5.74, 6) is 0.173. The molecule has 0 saturated carbocycles. The summed E-state index contributed by atoms with van der Waals surface area (Å²) in [6, 6.07) is 0. The zero-order chi connectivity index (χ0) is 13.8. The van der Waals surface area contributed by atoms with Gasteiger partial charge in [-0.1, -0.05) is 5.16 Å². The van der Waals surface area contributed by atoms with Gasteiger partial charge in [-0.15, -0.1) is 0 Å². The molecule has 7 nitrogen and oxygen atoms in total. The summed E-state index contributed by atoms with van der Waals surface area (Å²) in [7, 11) is 0. The van der Waals surface area contributed by atoms with Crippen LogP contribution in [0.4, 0.5) is 4.79 Å². The van der Waals surface area contributed by atoms with Gasteiger partial charge in [0.05, 0.1) is 12.1 Å². The second-order valence-corrected chi connectivity index (χ2v) is 4.72. The molecule has 0 aromatic carbocycles. The average Bonchev–Trinajstić information content (AvgIpc) is 2.38. The minimum Gasteiger partial charge on any atom is -0.450 e. The summed E-state index contributed by atoms with van der Waals surface area (Å²) in [6.45, 7) is 8.46. The summed E-state index contributed by atoms with van der Waals surface area (Å²) in [5, 5.41) is 11.8. The van der Waals surface area contributed by atoms with Crippen LogP contribution < -0.4 is 5.73 Å². The minimum absolute atomic E-state index is 0.173. The molecule has 0 aliphatic carbocycles. The third kappa shape index (κ3) is 3.04. The maximum Gasteiger partial charge on any atom is 0.409 e. The van der Waals surface area contributed by atoms with E-state index in [0.29, 0.717) is 32.8 Å². The largest absolute Gasteiger partial charge is 0.450 e. The number of piperazine rings is 1. The van der Waals surface area contributed by atoms with Gasteiger partial charge in [0.2, 0.25) is 0 Å². The Hall–Kier alpha value is -1.50. The van der Waals surface area contributed by atoms with Gasteiger partial charge in [0.25, 0.3) is 0 Å². The van der Waals surface area contributed by atoms with Gasteiger partial charge in [-0.2, -0.15) is 0 Å².